The molecule has 1 amide bonds. The number of likely N-dealkylation sites (tertiary alicyclic amines) is 1. The number of rotatable bonds is 5. The number of pyridine rings is 1. The lowest BCUT2D eigenvalue weighted by molar-refractivity contribution is 0.0726. The maximum atomic E-state index is 12.7. The summed E-state index contributed by atoms with van der Waals surface area (Å²) in [6.07, 6.45) is 2.60. The topological polar surface area (TPSA) is 88.6 Å². The number of amides is 1. The molecule has 0 unspecified atom stereocenters. The lowest BCUT2D eigenvalue weighted by Crippen LogP contribution is -2.46. The zero-order valence-corrected chi connectivity index (χ0v) is 15.3. The largest absolute Gasteiger partial charge is 0.481 e. The Hall–Kier alpha value is -2.61. The molecule has 1 aromatic carbocycles. The van der Waals surface area contributed by atoms with E-state index in [1.807, 2.05) is 6.07 Å². The molecule has 0 spiro atoms. The predicted octanol–water partition coefficient (Wildman–Crippen LogP) is 2.14. The van der Waals surface area contributed by atoms with Crippen molar-refractivity contribution in [1.29, 1.82) is 0 Å². The van der Waals surface area contributed by atoms with E-state index in [9.17, 15) is 13.2 Å². The molecule has 7 nitrogen and oxygen atoms in total. The first-order chi connectivity index (χ1) is 12.5. The van der Waals surface area contributed by atoms with Crippen LogP contribution >= 0.6 is 0 Å². The van der Waals surface area contributed by atoms with Gasteiger partial charge in [-0.25, -0.2) is 13.4 Å². The standard InChI is InChI=1S/C18H21N3O4S/c1-25-17-10-9-14(12-19-17)18(22)21-11-5-8-16(13-21)26(23,24)20-15-6-3-2-4-7-15/h2-4,6-7,9-10,12,16,20H,5,8,11,13H2,1H3/t16-/m1/s1. The highest BCUT2D eigenvalue weighted by Gasteiger charge is 2.33. The van der Waals surface area contributed by atoms with E-state index in [0.717, 1.165) is 0 Å². The van der Waals surface area contributed by atoms with E-state index >= 15 is 0 Å². The van der Waals surface area contributed by atoms with Gasteiger partial charge in [-0.1, -0.05) is 18.2 Å². The first kappa shape index (κ1) is 18.2. The molecule has 0 radical (unpaired) electrons. The highest BCUT2D eigenvalue weighted by atomic mass is 32.2. The van der Waals surface area contributed by atoms with Crippen LogP contribution in [0.25, 0.3) is 0 Å². The van der Waals surface area contributed by atoms with E-state index in [2.05, 4.69) is 9.71 Å². The molecule has 0 saturated carbocycles. The van der Waals surface area contributed by atoms with Gasteiger partial charge in [0, 0.05) is 31.0 Å². The van der Waals surface area contributed by atoms with Gasteiger partial charge in [0.2, 0.25) is 15.9 Å². The predicted molar refractivity (Wildman–Crippen MR) is 98.7 cm³/mol. The highest BCUT2D eigenvalue weighted by molar-refractivity contribution is 7.93. The summed E-state index contributed by atoms with van der Waals surface area (Å²) in [7, 11) is -2.07. The van der Waals surface area contributed by atoms with E-state index in [0.29, 0.717) is 36.5 Å². The Morgan fingerprint density at radius 2 is 2.00 bits per heavy atom. The van der Waals surface area contributed by atoms with Crippen molar-refractivity contribution in [1.82, 2.24) is 9.88 Å². The van der Waals surface area contributed by atoms with Crippen LogP contribution in [0.2, 0.25) is 0 Å². The first-order valence-electron chi connectivity index (χ1n) is 8.35. The summed E-state index contributed by atoms with van der Waals surface area (Å²) < 4.78 is 32.9. The Bertz CT molecular complexity index is 854. The van der Waals surface area contributed by atoms with Crippen LogP contribution in [-0.2, 0) is 10.0 Å². The van der Waals surface area contributed by atoms with Crippen LogP contribution in [0.4, 0.5) is 5.69 Å². The second-order valence-electron chi connectivity index (χ2n) is 6.12. The number of para-hydroxylation sites is 1. The molecule has 8 heteroatoms. The zero-order valence-electron chi connectivity index (χ0n) is 14.5. The molecule has 138 valence electrons. The van der Waals surface area contributed by atoms with Crippen LogP contribution in [0.3, 0.4) is 0 Å². The summed E-state index contributed by atoms with van der Waals surface area (Å²) in [5.41, 5.74) is 0.940. The minimum absolute atomic E-state index is 0.160. The molecular formula is C18H21N3O4S. The van der Waals surface area contributed by atoms with Crippen LogP contribution in [0.15, 0.2) is 48.7 Å². The van der Waals surface area contributed by atoms with Gasteiger partial charge in [0.05, 0.1) is 17.9 Å². The SMILES string of the molecule is COc1ccc(C(=O)N2CCC[C@@H](S(=O)(=O)Nc3ccccc3)C2)cn1. The lowest BCUT2D eigenvalue weighted by atomic mass is 10.1. The average Bonchev–Trinajstić information content (AvgIpc) is 2.68. The second kappa shape index (κ2) is 7.74. The number of nitrogens with one attached hydrogen (secondary N) is 1. The monoisotopic (exact) mass is 375 g/mol. The zero-order chi connectivity index (χ0) is 18.6. The van der Waals surface area contributed by atoms with E-state index in [1.165, 1.54) is 13.3 Å². The number of nitrogens with zero attached hydrogens (tertiary/aromatic N) is 2. The smallest absolute Gasteiger partial charge is 0.255 e. The summed E-state index contributed by atoms with van der Waals surface area (Å²) in [5, 5.41) is -0.647. The van der Waals surface area contributed by atoms with Crippen molar-refractivity contribution in [2.75, 3.05) is 24.9 Å². The number of carbonyl (C=O) groups is 1. The normalized spacial score (nSPS) is 17.6. The number of sulfonamides is 1. The van der Waals surface area contributed by atoms with E-state index in [1.54, 1.807) is 41.3 Å². The number of aromatic nitrogens is 1. The molecule has 2 heterocycles. The number of anilines is 1. The molecule has 26 heavy (non-hydrogen) atoms. The van der Waals surface area contributed by atoms with Crippen molar-refractivity contribution >= 4 is 21.6 Å². The Morgan fingerprint density at radius 3 is 2.65 bits per heavy atom. The van der Waals surface area contributed by atoms with Gasteiger partial charge < -0.3 is 9.64 Å². The molecular weight excluding hydrogens is 354 g/mol. The van der Waals surface area contributed by atoms with E-state index < -0.39 is 15.3 Å². The lowest BCUT2D eigenvalue weighted by Gasteiger charge is -2.32. The summed E-state index contributed by atoms with van der Waals surface area (Å²) in [5.74, 6) is 0.201. The van der Waals surface area contributed by atoms with Crippen LogP contribution in [-0.4, -0.2) is 49.7 Å². The van der Waals surface area contributed by atoms with Crippen LogP contribution < -0.4 is 9.46 Å². The number of carbonyl (C=O) groups excluding carboxylic acids is 1. The highest BCUT2D eigenvalue weighted by Crippen LogP contribution is 2.21. The second-order valence-corrected chi connectivity index (χ2v) is 8.08. The van der Waals surface area contributed by atoms with Crippen LogP contribution in [0.1, 0.15) is 23.2 Å². The summed E-state index contributed by atoms with van der Waals surface area (Å²) >= 11 is 0. The first-order valence-corrected chi connectivity index (χ1v) is 9.90. The number of ether oxygens (including phenoxy) is 1. The third-order valence-corrected chi connectivity index (χ3v) is 6.11. The summed E-state index contributed by atoms with van der Waals surface area (Å²) in [6, 6.07) is 12.0. The third-order valence-electron chi connectivity index (χ3n) is 4.33. The van der Waals surface area contributed by atoms with Crippen molar-refractivity contribution in [3.63, 3.8) is 0 Å². The quantitative estimate of drug-likeness (QED) is 0.865. The summed E-state index contributed by atoms with van der Waals surface area (Å²) in [4.78, 5) is 18.3. The van der Waals surface area contributed by atoms with Gasteiger partial charge >= 0.3 is 0 Å². The van der Waals surface area contributed by atoms with Crippen molar-refractivity contribution in [3.05, 3.63) is 54.2 Å². The number of methoxy groups -OCH3 is 1. The van der Waals surface area contributed by atoms with Crippen molar-refractivity contribution in [3.8, 4) is 5.88 Å². The van der Waals surface area contributed by atoms with Crippen molar-refractivity contribution in [2.45, 2.75) is 18.1 Å². The van der Waals surface area contributed by atoms with Crippen LogP contribution in [0.5, 0.6) is 5.88 Å². The number of piperidine rings is 1. The van der Waals surface area contributed by atoms with Crippen LogP contribution in [0, 0.1) is 0 Å². The number of hydrogen-bond donors (Lipinski definition) is 1. The van der Waals surface area contributed by atoms with Gasteiger partial charge in [-0.15, -0.1) is 0 Å². The molecule has 2 aromatic rings. The Balaban J connectivity index is 1.70. The Kier molecular flexibility index (Phi) is 5.41. The minimum Gasteiger partial charge on any atom is -0.481 e. The van der Waals surface area contributed by atoms with Gasteiger partial charge in [-0.05, 0) is 31.0 Å². The summed E-state index contributed by atoms with van der Waals surface area (Å²) in [6.45, 7) is 0.690. The Morgan fingerprint density at radius 1 is 1.23 bits per heavy atom. The molecule has 1 aromatic heterocycles. The minimum atomic E-state index is -3.58. The third kappa shape index (κ3) is 4.13. The molecule has 1 atom stereocenters. The molecule has 1 saturated heterocycles. The maximum absolute atomic E-state index is 12.7. The molecule has 0 bridgehead atoms. The van der Waals surface area contributed by atoms with Gasteiger partial charge in [0.15, 0.2) is 0 Å². The molecule has 1 aliphatic heterocycles. The van der Waals surface area contributed by atoms with Crippen molar-refractivity contribution < 1.29 is 17.9 Å². The van der Waals surface area contributed by atoms with Crippen molar-refractivity contribution in [2.24, 2.45) is 0 Å². The van der Waals surface area contributed by atoms with E-state index in [4.69, 9.17) is 4.74 Å². The fourth-order valence-corrected chi connectivity index (χ4v) is 4.42. The number of benzene rings is 1. The molecule has 1 aliphatic rings. The molecule has 1 fully saturated rings. The average molecular weight is 375 g/mol. The van der Waals surface area contributed by atoms with E-state index in [-0.39, 0.29) is 12.5 Å². The fraction of sp³-hybridized carbons (Fsp3) is 0.333. The fourth-order valence-electron chi connectivity index (χ4n) is 2.94. The molecule has 1 N–H and O–H groups in total. The molecule has 0 aliphatic carbocycles. The Labute approximate surface area is 153 Å². The number of hydrogen-bond acceptors (Lipinski definition) is 5. The van der Waals surface area contributed by atoms with Gasteiger partial charge in [-0.3, -0.25) is 9.52 Å². The van der Waals surface area contributed by atoms with Gasteiger partial charge in [0.25, 0.3) is 5.91 Å². The maximum Gasteiger partial charge on any atom is 0.255 e. The van der Waals surface area contributed by atoms with Gasteiger partial charge in [-0.2, -0.15) is 0 Å². The molecule has 3 rings (SSSR count). The van der Waals surface area contributed by atoms with Gasteiger partial charge in [0.1, 0.15) is 0 Å².